The van der Waals surface area contributed by atoms with E-state index in [4.69, 9.17) is 9.84 Å². The number of amides is 1. The van der Waals surface area contributed by atoms with Crippen molar-refractivity contribution in [2.75, 3.05) is 0 Å². The highest BCUT2D eigenvalue weighted by Gasteiger charge is 2.61. The van der Waals surface area contributed by atoms with Crippen molar-refractivity contribution in [1.82, 2.24) is 5.32 Å². The van der Waals surface area contributed by atoms with Gasteiger partial charge in [0.05, 0.1) is 0 Å². The number of nitrogens with one attached hydrogen (secondary N) is 1. The first-order valence-corrected chi connectivity index (χ1v) is 5.39. The minimum absolute atomic E-state index is 0.127. The van der Waals surface area contributed by atoms with Crippen molar-refractivity contribution < 1.29 is 24.2 Å². The van der Waals surface area contributed by atoms with Crippen molar-refractivity contribution >= 4 is 18.3 Å². The molecule has 0 aromatic rings. The Labute approximate surface area is 99.3 Å². The van der Waals surface area contributed by atoms with Crippen molar-refractivity contribution in [1.29, 1.82) is 0 Å². The molecule has 1 saturated carbocycles. The van der Waals surface area contributed by atoms with Crippen molar-refractivity contribution in [3.05, 3.63) is 0 Å². The van der Waals surface area contributed by atoms with Crippen LogP contribution in [0.15, 0.2) is 0 Å². The quantitative estimate of drug-likeness (QED) is 0.717. The molecule has 0 radical (unpaired) electrons. The van der Waals surface area contributed by atoms with E-state index in [1.165, 1.54) is 0 Å². The van der Waals surface area contributed by atoms with Gasteiger partial charge in [-0.1, -0.05) is 0 Å². The lowest BCUT2D eigenvalue weighted by Gasteiger charge is -2.22. The lowest BCUT2D eigenvalue weighted by atomic mass is 10.1. The molecule has 0 spiro atoms. The van der Waals surface area contributed by atoms with Gasteiger partial charge < -0.3 is 20.0 Å². The maximum atomic E-state index is 11.5. The van der Waals surface area contributed by atoms with Crippen molar-refractivity contribution in [2.45, 2.75) is 44.8 Å². The molecule has 1 rings (SSSR count). The van der Waals surface area contributed by atoms with Crippen LogP contribution in [-0.4, -0.2) is 34.6 Å². The number of carbonyl (C=O) groups excluding carboxylic acids is 2. The number of carboxylic acid groups (broad SMARTS) is 1. The van der Waals surface area contributed by atoms with E-state index in [1.807, 2.05) is 0 Å². The van der Waals surface area contributed by atoms with Gasteiger partial charge in [-0.3, -0.25) is 0 Å². The predicted molar refractivity (Wildman–Crippen MR) is 58.5 cm³/mol. The zero-order valence-corrected chi connectivity index (χ0v) is 10.1. The summed E-state index contributed by atoms with van der Waals surface area (Å²) in [5, 5.41) is 11.4. The second kappa shape index (κ2) is 4.35. The van der Waals surface area contributed by atoms with Gasteiger partial charge in [-0.2, -0.15) is 0 Å². The first kappa shape index (κ1) is 13.5. The molecule has 1 aliphatic rings. The number of carbonyl (C=O) groups is 3. The Balaban J connectivity index is 2.62. The van der Waals surface area contributed by atoms with Gasteiger partial charge in [0.2, 0.25) is 0 Å². The van der Waals surface area contributed by atoms with Crippen LogP contribution in [0.1, 0.15) is 33.6 Å². The van der Waals surface area contributed by atoms with E-state index in [-0.39, 0.29) is 18.8 Å². The molecule has 6 nitrogen and oxygen atoms in total. The Hall–Kier alpha value is -1.59. The molecule has 0 heterocycles. The molecule has 2 unspecified atom stereocenters. The highest BCUT2D eigenvalue weighted by Crippen LogP contribution is 2.45. The van der Waals surface area contributed by atoms with Gasteiger partial charge in [0.25, 0.3) is 0 Å². The van der Waals surface area contributed by atoms with E-state index in [9.17, 15) is 14.4 Å². The molecular weight excluding hydrogens is 226 g/mol. The van der Waals surface area contributed by atoms with Crippen LogP contribution in [-0.2, 0) is 14.3 Å². The summed E-state index contributed by atoms with van der Waals surface area (Å²) in [6.45, 7) is 5.07. The molecule has 1 aliphatic carbocycles. The number of carboxylic acids is 1. The highest BCUT2D eigenvalue weighted by atomic mass is 16.6. The fourth-order valence-corrected chi connectivity index (χ4v) is 1.68. The smallest absolute Gasteiger partial charge is 0.408 e. The van der Waals surface area contributed by atoms with Crippen LogP contribution in [0.4, 0.5) is 4.79 Å². The summed E-state index contributed by atoms with van der Waals surface area (Å²) in [5.74, 6) is -1.47. The summed E-state index contributed by atoms with van der Waals surface area (Å²) in [7, 11) is 0. The minimum atomic E-state index is -1.33. The Morgan fingerprint density at radius 1 is 1.53 bits per heavy atom. The molecule has 0 aromatic heterocycles. The first-order chi connectivity index (χ1) is 7.71. The standard InChI is InChI=1S/C11H17NO5/c1-10(2,3)17-9(16)12-11(8(14)15)6-7(11)4-5-13/h5,7H,4,6H2,1-3H3,(H,12,16)(H,14,15). The molecule has 0 saturated heterocycles. The van der Waals surface area contributed by atoms with Crippen molar-refractivity contribution in [3.63, 3.8) is 0 Å². The number of aliphatic carboxylic acids is 1. The number of hydrogen-bond donors (Lipinski definition) is 2. The Morgan fingerprint density at radius 2 is 2.12 bits per heavy atom. The summed E-state index contributed by atoms with van der Waals surface area (Å²) >= 11 is 0. The number of alkyl carbamates (subject to hydrolysis) is 1. The average Bonchev–Trinajstić information content (AvgIpc) is 2.76. The summed E-state index contributed by atoms with van der Waals surface area (Å²) in [6.07, 6.45) is 0.280. The van der Waals surface area contributed by atoms with Crippen LogP contribution in [0, 0.1) is 5.92 Å². The largest absolute Gasteiger partial charge is 0.479 e. The monoisotopic (exact) mass is 243 g/mol. The minimum Gasteiger partial charge on any atom is -0.479 e. The van der Waals surface area contributed by atoms with E-state index in [1.54, 1.807) is 20.8 Å². The zero-order chi connectivity index (χ0) is 13.3. The molecule has 0 aromatic carbocycles. The van der Waals surface area contributed by atoms with E-state index in [2.05, 4.69) is 5.32 Å². The summed E-state index contributed by atoms with van der Waals surface area (Å²) in [5.41, 5.74) is -2.01. The fourth-order valence-electron chi connectivity index (χ4n) is 1.68. The van der Waals surface area contributed by atoms with Gasteiger partial charge in [0, 0.05) is 12.3 Å². The molecule has 1 fully saturated rings. The Bertz CT molecular complexity index is 346. The molecule has 2 N–H and O–H groups in total. The predicted octanol–water partition coefficient (Wildman–Crippen LogP) is 0.943. The maximum Gasteiger partial charge on any atom is 0.408 e. The molecular formula is C11H17NO5. The van der Waals surface area contributed by atoms with E-state index < -0.39 is 23.2 Å². The average molecular weight is 243 g/mol. The second-order valence-corrected chi connectivity index (χ2v) is 5.21. The molecule has 0 bridgehead atoms. The lowest BCUT2D eigenvalue weighted by Crippen LogP contribution is -2.47. The molecule has 0 aliphatic heterocycles. The third-order valence-electron chi connectivity index (χ3n) is 2.59. The second-order valence-electron chi connectivity index (χ2n) is 5.21. The van der Waals surface area contributed by atoms with Crippen LogP contribution in [0.25, 0.3) is 0 Å². The van der Waals surface area contributed by atoms with Crippen LogP contribution >= 0.6 is 0 Å². The summed E-state index contributed by atoms with van der Waals surface area (Å²) in [4.78, 5) is 32.9. The molecule has 6 heteroatoms. The van der Waals surface area contributed by atoms with Gasteiger partial charge >= 0.3 is 12.1 Å². The summed E-state index contributed by atoms with van der Waals surface area (Å²) < 4.78 is 4.99. The lowest BCUT2D eigenvalue weighted by molar-refractivity contribution is -0.141. The van der Waals surface area contributed by atoms with Crippen LogP contribution in [0.2, 0.25) is 0 Å². The van der Waals surface area contributed by atoms with Crippen LogP contribution in [0.3, 0.4) is 0 Å². The van der Waals surface area contributed by atoms with Gasteiger partial charge in [0.1, 0.15) is 17.4 Å². The van der Waals surface area contributed by atoms with Crippen LogP contribution < -0.4 is 5.32 Å². The Morgan fingerprint density at radius 3 is 2.53 bits per heavy atom. The zero-order valence-electron chi connectivity index (χ0n) is 10.1. The van der Waals surface area contributed by atoms with E-state index in [0.717, 1.165) is 0 Å². The molecule has 2 atom stereocenters. The van der Waals surface area contributed by atoms with E-state index in [0.29, 0.717) is 6.29 Å². The number of hydrogen-bond acceptors (Lipinski definition) is 4. The topological polar surface area (TPSA) is 92.7 Å². The third-order valence-corrected chi connectivity index (χ3v) is 2.59. The Kier molecular flexibility index (Phi) is 3.45. The number of ether oxygens (including phenoxy) is 1. The fraction of sp³-hybridized carbons (Fsp3) is 0.727. The maximum absolute atomic E-state index is 11.5. The van der Waals surface area contributed by atoms with Gasteiger partial charge in [-0.25, -0.2) is 9.59 Å². The van der Waals surface area contributed by atoms with Crippen molar-refractivity contribution in [3.8, 4) is 0 Å². The third kappa shape index (κ3) is 3.18. The SMILES string of the molecule is CC(C)(C)OC(=O)NC1(C(=O)O)CC1CC=O. The number of aldehydes is 1. The molecule has 1 amide bonds. The van der Waals surface area contributed by atoms with Gasteiger partial charge in [0.15, 0.2) is 0 Å². The molecule has 96 valence electrons. The number of rotatable bonds is 4. The summed E-state index contributed by atoms with van der Waals surface area (Å²) in [6, 6.07) is 0. The highest BCUT2D eigenvalue weighted by molar-refractivity contribution is 5.88. The first-order valence-electron chi connectivity index (χ1n) is 5.39. The van der Waals surface area contributed by atoms with Crippen molar-refractivity contribution in [2.24, 2.45) is 5.92 Å². The molecule has 17 heavy (non-hydrogen) atoms. The van der Waals surface area contributed by atoms with Crippen LogP contribution in [0.5, 0.6) is 0 Å². The van der Waals surface area contributed by atoms with Gasteiger partial charge in [-0.05, 0) is 27.2 Å². The van der Waals surface area contributed by atoms with E-state index >= 15 is 0 Å². The normalized spacial score (nSPS) is 27.1. The van der Waals surface area contributed by atoms with Gasteiger partial charge in [-0.15, -0.1) is 0 Å².